The molecule has 64 heavy (non-hydrogen) atoms. The van der Waals surface area contributed by atoms with E-state index in [0.717, 1.165) is 0 Å². The fourth-order valence-corrected chi connectivity index (χ4v) is 8.64. The van der Waals surface area contributed by atoms with Gasteiger partial charge in [-0.05, 0) is 71.6 Å². The number of Topliss-reactive ketones (excluding diaryl/α,β-unsaturated/α-hetero) is 2. The van der Waals surface area contributed by atoms with Crippen LogP contribution < -0.4 is 10.6 Å². The molecule has 2 amide bonds. The molecule has 0 spiro atoms. The second-order valence-corrected chi connectivity index (χ2v) is 17.4. The van der Waals surface area contributed by atoms with Gasteiger partial charge in [-0.3, -0.25) is 19.2 Å². The van der Waals surface area contributed by atoms with Crippen molar-refractivity contribution in [2.45, 2.75) is 123 Å². The molecule has 1 aliphatic rings. The number of terminal acetylenes is 3. The molecule has 0 aliphatic heterocycles. The van der Waals surface area contributed by atoms with Crippen molar-refractivity contribution >= 4 is 31.9 Å². The van der Waals surface area contributed by atoms with E-state index in [2.05, 4.69) is 66.8 Å². The summed E-state index contributed by atoms with van der Waals surface area (Å²) in [6, 6.07) is 2.38. The third-order valence-corrected chi connectivity index (χ3v) is 12.4. The number of nitrogens with zero attached hydrogens (tertiary/aromatic N) is 2. The molecule has 0 bridgehead atoms. The average Bonchev–Trinajstić information content (AvgIpc) is 3.24. The van der Waals surface area contributed by atoms with Gasteiger partial charge in [0.1, 0.15) is 31.4 Å². The van der Waals surface area contributed by atoms with Crippen LogP contribution in [0.1, 0.15) is 105 Å². The SMILES string of the molecule is C#CCOCCOCCCC(=O)CCC(CCC(=O)NCCOCCOCC#C)(CCC(=O)NCCOCCOCC#C)CC(=O)C1CC(OP(OCCC#N)N(C(C)C)C(C)C)C1. The second-order valence-electron chi connectivity index (χ2n) is 16.0. The Morgan fingerprint density at radius 3 is 1.61 bits per heavy atom. The molecule has 1 saturated carbocycles. The summed E-state index contributed by atoms with van der Waals surface area (Å²) in [5.41, 5.74) is -0.826. The van der Waals surface area contributed by atoms with Gasteiger partial charge in [-0.1, -0.05) is 17.8 Å². The molecule has 0 heterocycles. The summed E-state index contributed by atoms with van der Waals surface area (Å²) in [6.07, 6.45) is 18.7. The van der Waals surface area contributed by atoms with Crippen molar-refractivity contribution in [3.05, 3.63) is 0 Å². The molecule has 0 radical (unpaired) electrons. The first-order chi connectivity index (χ1) is 30.9. The third kappa shape index (κ3) is 28.4. The van der Waals surface area contributed by atoms with Crippen molar-refractivity contribution in [1.82, 2.24) is 15.3 Å². The summed E-state index contributed by atoms with van der Waals surface area (Å²) in [5.74, 6) is 6.44. The highest BCUT2D eigenvalue weighted by Gasteiger charge is 2.43. The zero-order valence-corrected chi connectivity index (χ0v) is 39.8. The van der Waals surface area contributed by atoms with Crippen LogP contribution in [0.15, 0.2) is 0 Å². The van der Waals surface area contributed by atoms with E-state index >= 15 is 0 Å². The maximum absolute atomic E-state index is 14.3. The predicted octanol–water partition coefficient (Wildman–Crippen LogP) is 4.92. The Morgan fingerprint density at radius 2 is 1.14 bits per heavy atom. The topological polar surface area (TPSA) is 193 Å². The van der Waals surface area contributed by atoms with Crippen molar-refractivity contribution in [1.29, 1.82) is 5.26 Å². The number of nitriles is 1. The van der Waals surface area contributed by atoms with E-state index in [1.54, 1.807) is 0 Å². The van der Waals surface area contributed by atoms with E-state index in [1.165, 1.54) is 0 Å². The van der Waals surface area contributed by atoms with Crippen molar-refractivity contribution in [3.63, 3.8) is 0 Å². The van der Waals surface area contributed by atoms with Gasteiger partial charge in [-0.2, -0.15) is 5.26 Å². The molecule has 1 fully saturated rings. The number of hydrogen-bond acceptors (Lipinski definition) is 14. The molecule has 0 aromatic heterocycles. The Labute approximate surface area is 384 Å². The minimum absolute atomic E-state index is 0.00590. The lowest BCUT2D eigenvalue weighted by molar-refractivity contribution is -0.133. The lowest BCUT2D eigenvalue weighted by atomic mass is 9.67. The second kappa shape index (κ2) is 37.7. The van der Waals surface area contributed by atoms with Crippen LogP contribution in [0, 0.1) is 59.7 Å². The standard InChI is InChI=1S/C47H75N4O12P/c1-8-23-56-30-33-59-26-11-13-42(52)14-17-47(18-15-45(54)49-21-28-60-34-31-57-24-9-2,19-16-46(55)50-22-29-61-35-32-58-25-10-3)38-44(53)41-36-43(37-41)63-64(62-27-12-20-48)51(39(4)5)40(6)7/h1-3,39-41,43H,11-19,21-38H2,4-7H3,(H,49,54)(H,50,55). The molecule has 1 aliphatic carbocycles. The maximum atomic E-state index is 14.3. The van der Waals surface area contributed by atoms with Crippen LogP contribution in [0.2, 0.25) is 0 Å². The molecular weight excluding hydrogens is 844 g/mol. The van der Waals surface area contributed by atoms with Gasteiger partial charge >= 0.3 is 0 Å². The van der Waals surface area contributed by atoms with Crippen molar-refractivity contribution < 1.29 is 56.6 Å². The van der Waals surface area contributed by atoms with Crippen LogP contribution in [0.5, 0.6) is 0 Å². The molecule has 17 heteroatoms. The summed E-state index contributed by atoms with van der Waals surface area (Å²) in [5, 5.41) is 14.9. The number of amides is 2. The molecule has 0 saturated heterocycles. The fraction of sp³-hybridized carbons (Fsp3) is 0.766. The zero-order valence-electron chi connectivity index (χ0n) is 38.9. The number of ether oxygens (including phenoxy) is 6. The van der Waals surface area contributed by atoms with Crippen LogP contribution in [0.4, 0.5) is 0 Å². The van der Waals surface area contributed by atoms with Crippen molar-refractivity contribution in [3.8, 4) is 43.1 Å². The van der Waals surface area contributed by atoms with Crippen LogP contribution >= 0.6 is 8.53 Å². The van der Waals surface area contributed by atoms with Gasteiger partial charge in [0.05, 0.1) is 78.1 Å². The van der Waals surface area contributed by atoms with Gasteiger partial charge < -0.3 is 48.1 Å². The third-order valence-electron chi connectivity index (χ3n) is 10.3. The monoisotopic (exact) mass is 919 g/mol. The van der Waals surface area contributed by atoms with Gasteiger partial charge in [0.2, 0.25) is 11.8 Å². The summed E-state index contributed by atoms with van der Waals surface area (Å²) >= 11 is 0. The fourth-order valence-electron chi connectivity index (χ4n) is 6.90. The highest BCUT2D eigenvalue weighted by atomic mass is 31.2. The van der Waals surface area contributed by atoms with Gasteiger partial charge in [-0.15, -0.1) is 19.3 Å². The zero-order chi connectivity index (χ0) is 47.3. The van der Waals surface area contributed by atoms with E-state index < -0.39 is 13.9 Å². The lowest BCUT2D eigenvalue weighted by Gasteiger charge is -2.42. The number of nitrogens with one attached hydrogen (secondary N) is 2. The molecule has 1 unspecified atom stereocenters. The molecule has 360 valence electrons. The van der Waals surface area contributed by atoms with Crippen molar-refractivity contribution in [2.24, 2.45) is 11.3 Å². The molecule has 0 aromatic carbocycles. The smallest absolute Gasteiger partial charge is 0.259 e. The largest absolute Gasteiger partial charge is 0.379 e. The maximum Gasteiger partial charge on any atom is 0.259 e. The van der Waals surface area contributed by atoms with E-state index in [1.807, 2.05) is 0 Å². The van der Waals surface area contributed by atoms with Crippen LogP contribution in [0.3, 0.4) is 0 Å². The first-order valence-corrected chi connectivity index (χ1v) is 23.6. The van der Waals surface area contributed by atoms with Crippen LogP contribution in [-0.4, -0.2) is 145 Å². The Hall–Kier alpha value is -3.48. The molecule has 2 N–H and O–H groups in total. The Kier molecular flexibility index (Phi) is 34.5. The lowest BCUT2D eigenvalue weighted by Crippen LogP contribution is -2.41. The van der Waals surface area contributed by atoms with Gasteiger partial charge in [0.15, 0.2) is 0 Å². The summed E-state index contributed by atoms with van der Waals surface area (Å²) < 4.78 is 47.0. The summed E-state index contributed by atoms with van der Waals surface area (Å²) in [4.78, 5) is 54.0. The highest BCUT2D eigenvalue weighted by molar-refractivity contribution is 7.44. The number of rotatable bonds is 42. The minimum atomic E-state index is -1.47. The van der Waals surface area contributed by atoms with E-state index in [-0.39, 0.29) is 152 Å². The minimum Gasteiger partial charge on any atom is -0.379 e. The van der Waals surface area contributed by atoms with E-state index in [4.69, 9.17) is 62.0 Å². The number of carbonyl (C=O) groups excluding carboxylic acids is 4. The first-order valence-electron chi connectivity index (χ1n) is 22.5. The highest BCUT2D eigenvalue weighted by Crippen LogP contribution is 2.51. The van der Waals surface area contributed by atoms with Gasteiger partial charge in [-0.25, -0.2) is 4.67 Å². The van der Waals surface area contributed by atoms with E-state index in [0.29, 0.717) is 71.9 Å². The Bertz CT molecular complexity index is 1360. The number of ketones is 2. The van der Waals surface area contributed by atoms with Crippen LogP contribution in [-0.2, 0) is 56.6 Å². The Morgan fingerprint density at radius 1 is 0.672 bits per heavy atom. The first kappa shape index (κ1) is 58.5. The average molecular weight is 919 g/mol. The quantitative estimate of drug-likeness (QED) is 0.0476. The molecule has 1 rings (SSSR count). The summed E-state index contributed by atoms with van der Waals surface area (Å²) in [6.45, 7) is 12.6. The molecular formula is C47H75N4O12P. The Balaban J connectivity index is 3.15. The van der Waals surface area contributed by atoms with E-state index in [9.17, 15) is 19.2 Å². The number of carbonyl (C=O) groups is 4. The van der Waals surface area contributed by atoms with Crippen LogP contribution in [0.25, 0.3) is 0 Å². The summed E-state index contributed by atoms with van der Waals surface area (Å²) in [7, 11) is -1.47. The van der Waals surface area contributed by atoms with Gasteiger partial charge in [0, 0.05) is 69.8 Å². The predicted molar refractivity (Wildman–Crippen MR) is 244 cm³/mol. The number of hydrogen-bond donors (Lipinski definition) is 2. The van der Waals surface area contributed by atoms with Gasteiger partial charge in [0.25, 0.3) is 8.53 Å². The molecule has 16 nitrogen and oxygen atoms in total. The molecule has 1 atom stereocenters. The molecule has 0 aromatic rings. The normalized spacial score (nSPS) is 15.2. The van der Waals surface area contributed by atoms with Crippen molar-refractivity contribution in [2.75, 3.05) is 99.0 Å².